The van der Waals surface area contributed by atoms with E-state index in [0.29, 0.717) is 0 Å². The topological polar surface area (TPSA) is 46.5 Å². The molecule has 0 aliphatic heterocycles. The Morgan fingerprint density at radius 1 is 1.17 bits per heavy atom. The maximum Gasteiger partial charge on any atom is 0.506 e. The fraction of sp³-hybridized carbons (Fsp3) is 0.800. The molecule has 0 aliphatic rings. The standard InChI is InChI=1S/C15H28O3/c1-4-6-7-8-9-10-12-14(11-5-2)13(3)18-15(16)17/h11,13H,4-10,12H2,1-3H3,(H,16,17). The maximum atomic E-state index is 10.5. The highest BCUT2D eigenvalue weighted by Gasteiger charge is 2.12. The first kappa shape index (κ1) is 17.0. The molecule has 3 nitrogen and oxygen atoms in total. The lowest BCUT2D eigenvalue weighted by Crippen LogP contribution is -2.15. The molecule has 1 N–H and O–H groups in total. The van der Waals surface area contributed by atoms with Gasteiger partial charge in [0.05, 0.1) is 0 Å². The first-order chi connectivity index (χ1) is 8.61. The molecule has 0 spiro atoms. The van der Waals surface area contributed by atoms with Crippen molar-refractivity contribution in [2.24, 2.45) is 0 Å². The van der Waals surface area contributed by atoms with Crippen molar-refractivity contribution in [3.63, 3.8) is 0 Å². The summed E-state index contributed by atoms with van der Waals surface area (Å²) in [5, 5.41) is 8.62. The van der Waals surface area contributed by atoms with Crippen LogP contribution in [0.2, 0.25) is 0 Å². The Balaban J connectivity index is 3.90. The van der Waals surface area contributed by atoms with E-state index in [2.05, 4.69) is 19.9 Å². The van der Waals surface area contributed by atoms with Gasteiger partial charge in [-0.2, -0.15) is 0 Å². The summed E-state index contributed by atoms with van der Waals surface area (Å²) in [5.74, 6) is 0. The quantitative estimate of drug-likeness (QED) is 0.334. The Hall–Kier alpha value is -0.990. The van der Waals surface area contributed by atoms with Gasteiger partial charge in [-0.05, 0) is 31.8 Å². The minimum atomic E-state index is -1.19. The molecule has 18 heavy (non-hydrogen) atoms. The average Bonchev–Trinajstić information content (AvgIpc) is 2.31. The summed E-state index contributed by atoms with van der Waals surface area (Å²) in [6.45, 7) is 6.09. The summed E-state index contributed by atoms with van der Waals surface area (Å²) in [6, 6.07) is 0. The van der Waals surface area contributed by atoms with Crippen LogP contribution in [0.1, 0.15) is 72.1 Å². The Morgan fingerprint density at radius 3 is 2.33 bits per heavy atom. The van der Waals surface area contributed by atoms with E-state index in [0.717, 1.165) is 24.8 Å². The van der Waals surface area contributed by atoms with Crippen molar-refractivity contribution in [2.45, 2.75) is 78.2 Å². The van der Waals surface area contributed by atoms with Crippen molar-refractivity contribution < 1.29 is 14.6 Å². The number of allylic oxidation sites excluding steroid dienone is 1. The van der Waals surface area contributed by atoms with Crippen LogP contribution < -0.4 is 0 Å². The van der Waals surface area contributed by atoms with E-state index >= 15 is 0 Å². The second-order valence-electron chi connectivity index (χ2n) is 4.73. The van der Waals surface area contributed by atoms with Gasteiger partial charge < -0.3 is 9.84 Å². The monoisotopic (exact) mass is 256 g/mol. The second kappa shape index (κ2) is 11.1. The Kier molecular flexibility index (Phi) is 10.5. The smallest absolute Gasteiger partial charge is 0.450 e. The van der Waals surface area contributed by atoms with Gasteiger partial charge >= 0.3 is 6.16 Å². The average molecular weight is 256 g/mol. The molecular formula is C15H28O3. The molecule has 0 aromatic rings. The highest BCUT2D eigenvalue weighted by atomic mass is 16.7. The number of ether oxygens (including phenoxy) is 1. The molecule has 0 bridgehead atoms. The van der Waals surface area contributed by atoms with Gasteiger partial charge in [-0.1, -0.05) is 52.0 Å². The minimum absolute atomic E-state index is 0.307. The van der Waals surface area contributed by atoms with Gasteiger partial charge in [-0.25, -0.2) is 4.79 Å². The van der Waals surface area contributed by atoms with Crippen LogP contribution in [-0.2, 0) is 4.74 Å². The fourth-order valence-corrected chi connectivity index (χ4v) is 2.07. The van der Waals surface area contributed by atoms with Gasteiger partial charge in [0.15, 0.2) is 0 Å². The largest absolute Gasteiger partial charge is 0.506 e. The molecule has 3 heteroatoms. The van der Waals surface area contributed by atoms with Crippen LogP contribution in [0.25, 0.3) is 0 Å². The van der Waals surface area contributed by atoms with Gasteiger partial charge in [-0.15, -0.1) is 0 Å². The third-order valence-corrected chi connectivity index (χ3v) is 3.09. The van der Waals surface area contributed by atoms with Crippen molar-refractivity contribution in [3.8, 4) is 0 Å². The molecule has 0 aromatic carbocycles. The molecule has 1 atom stereocenters. The third kappa shape index (κ3) is 9.08. The molecule has 0 heterocycles. The van der Waals surface area contributed by atoms with Gasteiger partial charge in [-0.3, -0.25) is 0 Å². The molecule has 0 saturated carbocycles. The number of carbonyl (C=O) groups is 1. The van der Waals surface area contributed by atoms with E-state index in [9.17, 15) is 4.79 Å². The molecule has 0 fully saturated rings. The number of hydrogen-bond acceptors (Lipinski definition) is 2. The van der Waals surface area contributed by atoms with Crippen LogP contribution >= 0.6 is 0 Å². The number of hydrogen-bond donors (Lipinski definition) is 1. The van der Waals surface area contributed by atoms with E-state index in [1.165, 1.54) is 32.1 Å². The van der Waals surface area contributed by atoms with Crippen molar-refractivity contribution in [1.29, 1.82) is 0 Å². The first-order valence-corrected chi connectivity index (χ1v) is 7.20. The molecular weight excluding hydrogens is 228 g/mol. The zero-order valence-electron chi connectivity index (χ0n) is 12.1. The third-order valence-electron chi connectivity index (χ3n) is 3.09. The fourth-order valence-electron chi connectivity index (χ4n) is 2.07. The molecule has 106 valence electrons. The molecule has 0 radical (unpaired) electrons. The van der Waals surface area contributed by atoms with Crippen LogP contribution in [0.15, 0.2) is 11.6 Å². The normalized spacial score (nSPS) is 13.4. The Bertz CT molecular complexity index is 246. The molecule has 0 aliphatic carbocycles. The van der Waals surface area contributed by atoms with Crippen molar-refractivity contribution in [1.82, 2.24) is 0 Å². The SMILES string of the molecule is CCC=C(CCCCCCCC)C(C)OC(=O)O. The number of unbranched alkanes of at least 4 members (excludes halogenated alkanes) is 5. The van der Waals surface area contributed by atoms with E-state index in [1.54, 1.807) is 0 Å². The molecule has 0 amide bonds. The van der Waals surface area contributed by atoms with Gasteiger partial charge in [0, 0.05) is 0 Å². The predicted molar refractivity (Wildman–Crippen MR) is 74.9 cm³/mol. The second-order valence-corrected chi connectivity index (χ2v) is 4.73. The first-order valence-electron chi connectivity index (χ1n) is 7.20. The van der Waals surface area contributed by atoms with Crippen LogP contribution in [0, 0.1) is 0 Å². The molecule has 0 saturated heterocycles. The predicted octanol–water partition coefficient (Wildman–Crippen LogP) is 5.16. The molecule has 0 rings (SSSR count). The summed E-state index contributed by atoms with van der Waals surface area (Å²) in [5.41, 5.74) is 1.12. The van der Waals surface area contributed by atoms with Gasteiger partial charge in [0.1, 0.15) is 6.10 Å². The molecule has 0 aromatic heterocycles. The van der Waals surface area contributed by atoms with Crippen molar-refractivity contribution in [2.75, 3.05) is 0 Å². The summed E-state index contributed by atoms with van der Waals surface area (Å²) >= 11 is 0. The number of carboxylic acid groups (broad SMARTS) is 1. The summed E-state index contributed by atoms with van der Waals surface area (Å²) < 4.78 is 4.81. The van der Waals surface area contributed by atoms with Crippen LogP contribution in [0.5, 0.6) is 0 Å². The Morgan fingerprint density at radius 2 is 1.78 bits per heavy atom. The van der Waals surface area contributed by atoms with Gasteiger partial charge in [0.25, 0.3) is 0 Å². The van der Waals surface area contributed by atoms with E-state index in [1.807, 2.05) is 6.92 Å². The van der Waals surface area contributed by atoms with Crippen molar-refractivity contribution in [3.05, 3.63) is 11.6 Å². The van der Waals surface area contributed by atoms with E-state index in [-0.39, 0.29) is 6.10 Å². The zero-order chi connectivity index (χ0) is 13.8. The van der Waals surface area contributed by atoms with E-state index < -0.39 is 6.16 Å². The van der Waals surface area contributed by atoms with Gasteiger partial charge in [0.2, 0.25) is 0 Å². The summed E-state index contributed by atoms with van der Waals surface area (Å²) in [6.07, 6.45) is 10.0. The Labute approximate surface area is 111 Å². The summed E-state index contributed by atoms with van der Waals surface area (Å²) in [7, 11) is 0. The van der Waals surface area contributed by atoms with Crippen molar-refractivity contribution >= 4 is 6.16 Å². The summed E-state index contributed by atoms with van der Waals surface area (Å²) in [4.78, 5) is 10.5. The highest BCUT2D eigenvalue weighted by molar-refractivity contribution is 5.57. The highest BCUT2D eigenvalue weighted by Crippen LogP contribution is 2.17. The zero-order valence-corrected chi connectivity index (χ0v) is 12.1. The van der Waals surface area contributed by atoms with Crippen LogP contribution in [0.4, 0.5) is 4.79 Å². The number of rotatable bonds is 10. The van der Waals surface area contributed by atoms with Crippen LogP contribution in [-0.4, -0.2) is 17.4 Å². The maximum absolute atomic E-state index is 10.5. The molecule has 1 unspecified atom stereocenters. The lowest BCUT2D eigenvalue weighted by molar-refractivity contribution is 0.0701. The van der Waals surface area contributed by atoms with E-state index in [4.69, 9.17) is 9.84 Å². The van der Waals surface area contributed by atoms with Crippen LogP contribution in [0.3, 0.4) is 0 Å². The lowest BCUT2D eigenvalue weighted by Gasteiger charge is -2.15. The lowest BCUT2D eigenvalue weighted by atomic mass is 10.0. The minimum Gasteiger partial charge on any atom is -0.450 e.